The Morgan fingerprint density at radius 2 is 1.78 bits per heavy atom. The largest absolute Gasteiger partial charge is 0.478 e. The number of allylic oxidation sites excluding steroid dienone is 2. The van der Waals surface area contributed by atoms with E-state index in [1.807, 2.05) is 12.3 Å². The highest BCUT2D eigenvalue weighted by molar-refractivity contribution is 5.88. The minimum absolute atomic E-state index is 0.196. The molecule has 3 rings (SSSR count). The highest BCUT2D eigenvalue weighted by atomic mass is 16.4. The molecule has 0 aromatic heterocycles. The van der Waals surface area contributed by atoms with E-state index < -0.39 is 5.97 Å². The number of carbonyl (C=O) groups is 1. The summed E-state index contributed by atoms with van der Waals surface area (Å²) in [6.45, 7) is 9.25. The highest BCUT2D eigenvalue weighted by Crippen LogP contribution is 2.24. The fourth-order valence-corrected chi connectivity index (χ4v) is 3.80. The van der Waals surface area contributed by atoms with Crippen LogP contribution in [0.2, 0.25) is 0 Å². The van der Waals surface area contributed by atoms with Gasteiger partial charge in [0.1, 0.15) is 6.17 Å². The molecule has 1 aromatic rings. The van der Waals surface area contributed by atoms with E-state index in [1.165, 1.54) is 5.56 Å². The minimum Gasteiger partial charge on any atom is -0.478 e. The number of hydrogen-bond donors (Lipinski definition) is 2. The van der Waals surface area contributed by atoms with Crippen molar-refractivity contribution in [1.82, 2.24) is 14.7 Å². The van der Waals surface area contributed by atoms with E-state index in [1.54, 1.807) is 6.08 Å². The summed E-state index contributed by atoms with van der Waals surface area (Å²) in [4.78, 5) is 18.6. The second-order valence-electron chi connectivity index (χ2n) is 7.52. The summed E-state index contributed by atoms with van der Waals surface area (Å²) < 4.78 is 0. The fraction of sp³-hybridized carbons (Fsp3) is 0.476. The van der Waals surface area contributed by atoms with Gasteiger partial charge in [-0.1, -0.05) is 24.3 Å². The first-order chi connectivity index (χ1) is 13.0. The molecule has 0 saturated carbocycles. The molecule has 3 N–H and O–H groups in total. The Bertz CT molecular complexity index is 703. The van der Waals surface area contributed by atoms with Crippen molar-refractivity contribution in [3.8, 4) is 0 Å². The molecule has 0 amide bonds. The summed E-state index contributed by atoms with van der Waals surface area (Å²) in [7, 11) is 0. The summed E-state index contributed by atoms with van der Waals surface area (Å²) in [6.07, 6.45) is 5.38. The predicted octanol–water partition coefficient (Wildman–Crippen LogP) is 1.84. The summed E-state index contributed by atoms with van der Waals surface area (Å²) in [6, 6.07) is 8.71. The molecule has 2 aliphatic heterocycles. The first kappa shape index (κ1) is 19.6. The predicted molar refractivity (Wildman–Crippen MR) is 107 cm³/mol. The Morgan fingerprint density at radius 3 is 2.33 bits per heavy atom. The summed E-state index contributed by atoms with van der Waals surface area (Å²) >= 11 is 0. The molecular formula is C21H30N4O2. The Kier molecular flexibility index (Phi) is 6.31. The van der Waals surface area contributed by atoms with E-state index in [0.29, 0.717) is 12.1 Å². The fourth-order valence-electron chi connectivity index (χ4n) is 3.80. The second-order valence-corrected chi connectivity index (χ2v) is 7.52. The molecule has 0 spiro atoms. The van der Waals surface area contributed by atoms with Crippen molar-refractivity contribution >= 4 is 5.97 Å². The van der Waals surface area contributed by atoms with Crippen molar-refractivity contribution < 1.29 is 9.90 Å². The van der Waals surface area contributed by atoms with E-state index >= 15 is 0 Å². The van der Waals surface area contributed by atoms with E-state index in [9.17, 15) is 9.90 Å². The van der Waals surface area contributed by atoms with Gasteiger partial charge in [0, 0.05) is 51.5 Å². The van der Waals surface area contributed by atoms with Crippen LogP contribution >= 0.6 is 0 Å². The zero-order chi connectivity index (χ0) is 19.4. The SMILES string of the molecule is CC(C)N1C=CC=C(C(=O)O)C1N1CCN(Cc2ccc(CN)cc2)CC1. The van der Waals surface area contributed by atoms with E-state index in [-0.39, 0.29) is 12.2 Å². The number of benzene rings is 1. The maximum Gasteiger partial charge on any atom is 0.335 e. The lowest BCUT2D eigenvalue weighted by molar-refractivity contribution is -0.134. The molecule has 2 aliphatic rings. The van der Waals surface area contributed by atoms with E-state index in [4.69, 9.17) is 5.73 Å². The third-order valence-electron chi connectivity index (χ3n) is 5.36. The zero-order valence-electron chi connectivity index (χ0n) is 16.2. The maximum atomic E-state index is 11.8. The van der Waals surface area contributed by atoms with Gasteiger partial charge in [0.15, 0.2) is 0 Å². The second kappa shape index (κ2) is 8.69. The summed E-state index contributed by atoms with van der Waals surface area (Å²) in [5, 5.41) is 9.65. The summed E-state index contributed by atoms with van der Waals surface area (Å²) in [5.74, 6) is -0.836. The van der Waals surface area contributed by atoms with Crippen molar-refractivity contribution in [2.24, 2.45) is 5.73 Å². The van der Waals surface area contributed by atoms with Gasteiger partial charge in [-0.15, -0.1) is 0 Å². The molecule has 1 unspecified atom stereocenters. The van der Waals surface area contributed by atoms with Gasteiger partial charge in [-0.2, -0.15) is 0 Å². The van der Waals surface area contributed by atoms with Gasteiger partial charge >= 0.3 is 5.97 Å². The van der Waals surface area contributed by atoms with E-state index in [2.05, 4.69) is 52.8 Å². The van der Waals surface area contributed by atoms with Crippen LogP contribution in [0.4, 0.5) is 0 Å². The van der Waals surface area contributed by atoms with Gasteiger partial charge in [0.25, 0.3) is 0 Å². The number of rotatable bonds is 6. The molecule has 1 atom stereocenters. The van der Waals surface area contributed by atoms with Crippen molar-refractivity contribution in [3.63, 3.8) is 0 Å². The van der Waals surface area contributed by atoms with Gasteiger partial charge in [0.2, 0.25) is 0 Å². The van der Waals surface area contributed by atoms with Crippen LogP contribution in [0.15, 0.2) is 48.2 Å². The van der Waals surface area contributed by atoms with Crippen LogP contribution in [0.3, 0.4) is 0 Å². The monoisotopic (exact) mass is 370 g/mol. The first-order valence-corrected chi connectivity index (χ1v) is 9.63. The molecule has 1 saturated heterocycles. The highest BCUT2D eigenvalue weighted by Gasteiger charge is 2.35. The molecule has 27 heavy (non-hydrogen) atoms. The number of aliphatic carboxylic acids is 1. The van der Waals surface area contributed by atoms with Gasteiger partial charge in [0.05, 0.1) is 5.57 Å². The molecule has 6 nitrogen and oxygen atoms in total. The molecule has 0 bridgehead atoms. The number of piperazine rings is 1. The molecule has 2 heterocycles. The van der Waals surface area contributed by atoms with Crippen molar-refractivity contribution in [2.45, 2.75) is 39.1 Å². The third-order valence-corrected chi connectivity index (χ3v) is 5.36. The standard InChI is InChI=1S/C21H30N4O2/c1-16(2)25-9-3-4-19(21(26)27)20(25)24-12-10-23(11-13-24)15-18-7-5-17(14-22)6-8-18/h3-9,16,20H,10-15,22H2,1-2H3,(H,26,27). The van der Waals surface area contributed by atoms with Crippen LogP contribution in [0, 0.1) is 0 Å². The summed E-state index contributed by atoms with van der Waals surface area (Å²) in [5.41, 5.74) is 8.56. The molecule has 1 aromatic carbocycles. The number of carboxylic acids is 1. The average Bonchev–Trinajstić information content (AvgIpc) is 2.68. The van der Waals surface area contributed by atoms with E-state index in [0.717, 1.165) is 38.3 Å². The lowest BCUT2D eigenvalue weighted by Crippen LogP contribution is -2.57. The van der Waals surface area contributed by atoms with Crippen LogP contribution in [0.1, 0.15) is 25.0 Å². The molecule has 1 fully saturated rings. The Labute approximate surface area is 161 Å². The molecule has 0 radical (unpaired) electrons. The number of carboxylic acid groups (broad SMARTS) is 1. The number of hydrogen-bond acceptors (Lipinski definition) is 5. The van der Waals surface area contributed by atoms with Gasteiger partial charge in [-0.3, -0.25) is 9.80 Å². The normalized spacial score (nSPS) is 21.6. The van der Waals surface area contributed by atoms with Crippen LogP contribution in [-0.4, -0.2) is 64.2 Å². The Balaban J connectivity index is 1.63. The van der Waals surface area contributed by atoms with Crippen LogP contribution in [-0.2, 0) is 17.9 Å². The zero-order valence-corrected chi connectivity index (χ0v) is 16.2. The molecule has 146 valence electrons. The Morgan fingerprint density at radius 1 is 1.15 bits per heavy atom. The smallest absolute Gasteiger partial charge is 0.335 e. The van der Waals surface area contributed by atoms with Gasteiger partial charge in [-0.05, 0) is 37.1 Å². The van der Waals surface area contributed by atoms with Crippen molar-refractivity contribution in [1.29, 1.82) is 0 Å². The average molecular weight is 370 g/mol. The lowest BCUT2D eigenvalue weighted by atomic mass is 10.0. The minimum atomic E-state index is -0.836. The molecular weight excluding hydrogens is 340 g/mol. The van der Waals surface area contributed by atoms with Crippen molar-refractivity contribution in [2.75, 3.05) is 26.2 Å². The quantitative estimate of drug-likeness (QED) is 0.796. The molecule has 0 aliphatic carbocycles. The molecule has 6 heteroatoms. The number of nitrogens with two attached hydrogens (primary N) is 1. The number of nitrogens with zero attached hydrogens (tertiary/aromatic N) is 3. The first-order valence-electron chi connectivity index (χ1n) is 9.63. The van der Waals surface area contributed by atoms with Crippen LogP contribution in [0.5, 0.6) is 0 Å². The van der Waals surface area contributed by atoms with Crippen LogP contribution in [0.25, 0.3) is 0 Å². The third kappa shape index (κ3) is 4.58. The van der Waals surface area contributed by atoms with Crippen molar-refractivity contribution in [3.05, 3.63) is 59.3 Å². The van der Waals surface area contributed by atoms with Crippen LogP contribution < -0.4 is 5.73 Å². The van der Waals surface area contributed by atoms with Gasteiger partial charge in [-0.25, -0.2) is 4.79 Å². The maximum absolute atomic E-state index is 11.8. The van der Waals surface area contributed by atoms with Gasteiger partial charge < -0.3 is 15.7 Å². The topological polar surface area (TPSA) is 73.0 Å². The Hall–Kier alpha value is -2.15. The lowest BCUT2D eigenvalue weighted by Gasteiger charge is -2.46.